The molecule has 0 aliphatic carbocycles. The van der Waals surface area contributed by atoms with Gasteiger partial charge in [0, 0.05) is 13.0 Å². The molecule has 2 rings (SSSR count). The summed E-state index contributed by atoms with van der Waals surface area (Å²) in [5.74, 6) is 0.516. The van der Waals surface area contributed by atoms with E-state index in [0.717, 1.165) is 18.2 Å². The predicted molar refractivity (Wildman–Crippen MR) is 89.5 cm³/mol. The van der Waals surface area contributed by atoms with E-state index in [0.29, 0.717) is 5.88 Å². The van der Waals surface area contributed by atoms with Crippen LogP contribution in [0.25, 0.3) is 0 Å². The van der Waals surface area contributed by atoms with E-state index in [2.05, 4.69) is 10.3 Å². The molecule has 1 aromatic heterocycles. The number of hydrogen-bond acceptors (Lipinski definition) is 4. The van der Waals surface area contributed by atoms with Crippen molar-refractivity contribution in [3.05, 3.63) is 47.1 Å². The fraction of sp³-hybridized carbons (Fsp3) is 0.294. The van der Waals surface area contributed by atoms with Crippen molar-refractivity contribution in [2.75, 3.05) is 6.61 Å². The summed E-state index contributed by atoms with van der Waals surface area (Å²) in [6, 6.07) is 5.72. The molecule has 5 nitrogen and oxygen atoms in total. The second kappa shape index (κ2) is 8.27. The maximum absolute atomic E-state index is 12.6. The first-order valence-electron chi connectivity index (χ1n) is 7.55. The van der Waals surface area contributed by atoms with Crippen molar-refractivity contribution in [1.82, 2.24) is 10.3 Å². The number of nitrogens with one attached hydrogen (secondary N) is 1. The van der Waals surface area contributed by atoms with Crippen LogP contribution < -0.4 is 14.8 Å². The lowest BCUT2D eigenvalue weighted by Crippen LogP contribution is -2.35. The zero-order valence-electron chi connectivity index (χ0n) is 13.9. The number of hydrogen-bond donors (Lipinski definition) is 1. The van der Waals surface area contributed by atoms with Gasteiger partial charge in [0.15, 0.2) is 0 Å². The maximum Gasteiger partial charge on any atom is 0.416 e. The summed E-state index contributed by atoms with van der Waals surface area (Å²) >= 11 is 5.84. The molecule has 1 amide bonds. The lowest BCUT2D eigenvalue weighted by molar-refractivity contribution is -0.137. The molecule has 1 aromatic carbocycles. The number of ether oxygens (including phenoxy) is 2. The first-order valence-corrected chi connectivity index (χ1v) is 7.93. The number of nitrogens with zero attached hydrogens (tertiary/aromatic N) is 1. The average Bonchev–Trinajstić information content (AvgIpc) is 2.54. The molecule has 2 aromatic rings. The number of carbonyl (C=O) groups excluding carboxylic acids is 1. The molecular weight excluding hydrogens is 373 g/mol. The van der Waals surface area contributed by atoms with E-state index in [4.69, 9.17) is 21.1 Å². The summed E-state index contributed by atoms with van der Waals surface area (Å²) < 4.78 is 48.7. The zero-order valence-corrected chi connectivity index (χ0v) is 14.7. The Morgan fingerprint density at radius 1 is 1.31 bits per heavy atom. The lowest BCUT2D eigenvalue weighted by atomic mass is 10.2. The van der Waals surface area contributed by atoms with Crippen LogP contribution in [-0.4, -0.2) is 23.5 Å². The van der Waals surface area contributed by atoms with E-state index in [1.807, 2.05) is 0 Å². The van der Waals surface area contributed by atoms with Gasteiger partial charge in [-0.25, -0.2) is 4.98 Å². The van der Waals surface area contributed by atoms with E-state index in [-0.39, 0.29) is 35.1 Å². The fourth-order valence-electron chi connectivity index (χ4n) is 2.00. The second-order valence-corrected chi connectivity index (χ2v) is 5.90. The first kappa shape index (κ1) is 19.8. The highest BCUT2D eigenvalue weighted by Gasteiger charge is 2.31. The van der Waals surface area contributed by atoms with Gasteiger partial charge in [-0.2, -0.15) is 13.2 Å². The number of amides is 1. The summed E-state index contributed by atoms with van der Waals surface area (Å²) in [5.41, 5.74) is -0.856. The van der Waals surface area contributed by atoms with Crippen molar-refractivity contribution in [2.45, 2.75) is 26.1 Å². The summed E-state index contributed by atoms with van der Waals surface area (Å²) in [7, 11) is 0. The first-order chi connectivity index (χ1) is 12.1. The average molecular weight is 389 g/mol. The third kappa shape index (κ3) is 5.80. The van der Waals surface area contributed by atoms with Crippen LogP contribution in [0.2, 0.25) is 5.02 Å². The monoisotopic (exact) mass is 388 g/mol. The molecule has 0 aliphatic rings. The summed E-state index contributed by atoms with van der Waals surface area (Å²) in [6.45, 7) is 3.43. The molecule has 140 valence electrons. The highest BCUT2D eigenvalue weighted by molar-refractivity contribution is 6.32. The molecule has 1 N–H and O–H groups in total. The van der Waals surface area contributed by atoms with Gasteiger partial charge in [0.1, 0.15) is 18.1 Å². The Hall–Kier alpha value is -2.48. The number of aromatic nitrogens is 1. The zero-order chi connectivity index (χ0) is 19.3. The minimum absolute atomic E-state index is 0.0782. The standard InChI is InChI=1S/C17H16ClF3N2O3/c1-10(23-11(2)24)9-25-16-6-4-13(8-22-16)26-15-5-3-12(7-14(15)18)17(19,20)21/h3-8,10H,9H2,1-2H3,(H,23,24)/t10-/m0/s1. The van der Waals surface area contributed by atoms with Gasteiger partial charge >= 0.3 is 6.18 Å². The molecule has 26 heavy (non-hydrogen) atoms. The Kier molecular flexibility index (Phi) is 6.31. The van der Waals surface area contributed by atoms with Gasteiger partial charge in [-0.3, -0.25) is 4.79 Å². The van der Waals surface area contributed by atoms with E-state index < -0.39 is 11.7 Å². The minimum Gasteiger partial charge on any atom is -0.475 e. The maximum atomic E-state index is 12.6. The number of halogens is 4. The van der Waals surface area contributed by atoms with Gasteiger partial charge in [-0.15, -0.1) is 0 Å². The number of alkyl halides is 3. The number of rotatable bonds is 6. The third-order valence-corrected chi connectivity index (χ3v) is 3.42. The number of carbonyl (C=O) groups is 1. The SMILES string of the molecule is CC(=O)N[C@@H](C)COc1ccc(Oc2ccc(C(F)(F)F)cc2Cl)cn1. The molecule has 0 saturated carbocycles. The summed E-state index contributed by atoms with van der Waals surface area (Å²) in [5, 5.41) is 2.50. The normalized spacial score (nSPS) is 12.4. The van der Waals surface area contributed by atoms with Crippen molar-refractivity contribution >= 4 is 17.5 Å². The molecule has 0 spiro atoms. The van der Waals surface area contributed by atoms with Crippen LogP contribution in [0.4, 0.5) is 13.2 Å². The van der Waals surface area contributed by atoms with Crippen LogP contribution in [0, 0.1) is 0 Å². The molecule has 0 unspecified atom stereocenters. The van der Waals surface area contributed by atoms with Crippen molar-refractivity contribution < 1.29 is 27.4 Å². The summed E-state index contributed by atoms with van der Waals surface area (Å²) in [6.07, 6.45) is -3.12. The molecule has 0 bridgehead atoms. The van der Waals surface area contributed by atoms with Gasteiger partial charge in [0.2, 0.25) is 11.8 Å². The van der Waals surface area contributed by atoms with E-state index in [1.54, 1.807) is 13.0 Å². The van der Waals surface area contributed by atoms with Gasteiger partial charge in [0.25, 0.3) is 0 Å². The molecular formula is C17H16ClF3N2O3. The smallest absolute Gasteiger partial charge is 0.416 e. The van der Waals surface area contributed by atoms with E-state index in [1.165, 1.54) is 19.2 Å². The van der Waals surface area contributed by atoms with Gasteiger partial charge < -0.3 is 14.8 Å². The third-order valence-electron chi connectivity index (χ3n) is 3.13. The molecule has 0 saturated heterocycles. The molecule has 0 radical (unpaired) electrons. The van der Waals surface area contributed by atoms with Crippen LogP contribution in [0.3, 0.4) is 0 Å². The molecule has 0 fully saturated rings. The van der Waals surface area contributed by atoms with Crippen LogP contribution in [0.5, 0.6) is 17.4 Å². The minimum atomic E-state index is -4.48. The van der Waals surface area contributed by atoms with E-state index >= 15 is 0 Å². The lowest BCUT2D eigenvalue weighted by Gasteiger charge is -2.13. The highest BCUT2D eigenvalue weighted by atomic mass is 35.5. The van der Waals surface area contributed by atoms with Crippen molar-refractivity contribution in [3.8, 4) is 17.4 Å². The molecule has 1 heterocycles. The predicted octanol–water partition coefficient (Wildman–Crippen LogP) is 4.45. The van der Waals surface area contributed by atoms with Crippen LogP contribution in [0.15, 0.2) is 36.5 Å². The second-order valence-electron chi connectivity index (χ2n) is 5.49. The Balaban J connectivity index is 1.98. The van der Waals surface area contributed by atoms with Crippen molar-refractivity contribution in [2.24, 2.45) is 0 Å². The largest absolute Gasteiger partial charge is 0.475 e. The van der Waals surface area contributed by atoms with Crippen molar-refractivity contribution in [1.29, 1.82) is 0 Å². The topological polar surface area (TPSA) is 60.5 Å². The molecule has 9 heteroatoms. The number of pyridine rings is 1. The fourth-order valence-corrected chi connectivity index (χ4v) is 2.22. The molecule has 1 atom stereocenters. The Morgan fingerprint density at radius 2 is 2.04 bits per heavy atom. The van der Waals surface area contributed by atoms with Crippen LogP contribution in [-0.2, 0) is 11.0 Å². The van der Waals surface area contributed by atoms with Gasteiger partial charge in [-0.1, -0.05) is 11.6 Å². The number of benzene rings is 1. The van der Waals surface area contributed by atoms with Crippen LogP contribution >= 0.6 is 11.6 Å². The van der Waals surface area contributed by atoms with E-state index in [9.17, 15) is 18.0 Å². The van der Waals surface area contributed by atoms with Crippen molar-refractivity contribution in [3.63, 3.8) is 0 Å². The van der Waals surface area contributed by atoms with Gasteiger partial charge in [0.05, 0.1) is 22.8 Å². The quantitative estimate of drug-likeness (QED) is 0.794. The van der Waals surface area contributed by atoms with Gasteiger partial charge in [-0.05, 0) is 31.2 Å². The Bertz CT molecular complexity index is 767. The summed E-state index contributed by atoms with van der Waals surface area (Å²) in [4.78, 5) is 14.9. The Labute approximate surface area is 153 Å². The molecule has 0 aliphatic heterocycles. The Morgan fingerprint density at radius 3 is 2.58 bits per heavy atom. The van der Waals surface area contributed by atoms with Crippen LogP contribution in [0.1, 0.15) is 19.4 Å². The highest BCUT2D eigenvalue weighted by Crippen LogP contribution is 2.36.